The molecular formula is C17H25N5S. The highest BCUT2D eigenvalue weighted by Gasteiger charge is 2.28. The summed E-state index contributed by atoms with van der Waals surface area (Å²) < 4.78 is 0. The number of rotatable bonds is 4. The molecule has 23 heavy (non-hydrogen) atoms. The third kappa shape index (κ3) is 3.31. The van der Waals surface area contributed by atoms with Crippen LogP contribution in [0.25, 0.3) is 0 Å². The van der Waals surface area contributed by atoms with Crippen molar-refractivity contribution in [3.63, 3.8) is 0 Å². The average Bonchev–Trinajstić information content (AvgIpc) is 3.15. The Morgan fingerprint density at radius 3 is 2.52 bits per heavy atom. The van der Waals surface area contributed by atoms with Crippen LogP contribution in [0, 0.1) is 11.3 Å². The van der Waals surface area contributed by atoms with E-state index < -0.39 is 0 Å². The summed E-state index contributed by atoms with van der Waals surface area (Å²) in [7, 11) is 0. The highest BCUT2D eigenvalue weighted by Crippen LogP contribution is 2.27. The first kappa shape index (κ1) is 16.5. The van der Waals surface area contributed by atoms with Crippen LogP contribution < -0.4 is 4.90 Å². The molecule has 0 aromatic carbocycles. The lowest BCUT2D eigenvalue weighted by Crippen LogP contribution is -2.51. The topological polar surface area (TPSA) is 56.1 Å². The average molecular weight is 331 g/mol. The molecule has 3 rings (SSSR count). The van der Waals surface area contributed by atoms with Gasteiger partial charge in [0, 0.05) is 38.0 Å². The molecule has 6 heteroatoms. The third-order valence-electron chi connectivity index (χ3n) is 4.98. The van der Waals surface area contributed by atoms with Gasteiger partial charge in [0.25, 0.3) is 0 Å². The number of aromatic nitrogens is 2. The van der Waals surface area contributed by atoms with Crippen LogP contribution in [0.3, 0.4) is 0 Å². The van der Waals surface area contributed by atoms with Gasteiger partial charge in [0.2, 0.25) is 0 Å². The minimum Gasteiger partial charge on any atom is -0.351 e. The Balaban J connectivity index is 1.76. The summed E-state index contributed by atoms with van der Waals surface area (Å²) in [4.78, 5) is 4.86. The fourth-order valence-corrected chi connectivity index (χ4v) is 4.86. The SMILES string of the molecule is CCc1nnc(N2CCN(C3CCSC3)CC2)c(C#N)c1CC. The Bertz CT molecular complexity index is 583. The van der Waals surface area contributed by atoms with Gasteiger partial charge in [0.15, 0.2) is 5.82 Å². The maximum atomic E-state index is 9.65. The van der Waals surface area contributed by atoms with Crippen molar-refractivity contribution in [2.24, 2.45) is 0 Å². The molecule has 0 aliphatic carbocycles. The van der Waals surface area contributed by atoms with Crippen molar-refractivity contribution in [2.45, 2.75) is 39.2 Å². The Morgan fingerprint density at radius 1 is 1.17 bits per heavy atom. The smallest absolute Gasteiger partial charge is 0.169 e. The standard InChI is InChI=1S/C17H25N5S/c1-3-14-15(11-18)17(20-19-16(14)4-2)22-8-6-21(7-9-22)13-5-10-23-12-13/h13H,3-10,12H2,1-2H3. The molecule has 0 saturated carbocycles. The highest BCUT2D eigenvalue weighted by molar-refractivity contribution is 7.99. The molecular weight excluding hydrogens is 306 g/mol. The molecule has 1 aromatic heterocycles. The van der Waals surface area contributed by atoms with Crippen LogP contribution in [0.15, 0.2) is 0 Å². The summed E-state index contributed by atoms with van der Waals surface area (Å²) in [5.41, 5.74) is 2.79. The van der Waals surface area contributed by atoms with Gasteiger partial charge in [-0.25, -0.2) is 0 Å². The summed E-state index contributed by atoms with van der Waals surface area (Å²) in [5.74, 6) is 3.36. The van der Waals surface area contributed by atoms with E-state index in [-0.39, 0.29) is 0 Å². The van der Waals surface area contributed by atoms with Crippen LogP contribution in [0.4, 0.5) is 5.82 Å². The summed E-state index contributed by atoms with van der Waals surface area (Å²) in [6.45, 7) is 8.18. The van der Waals surface area contributed by atoms with Gasteiger partial charge in [-0.15, -0.1) is 5.10 Å². The van der Waals surface area contributed by atoms with E-state index in [1.807, 2.05) is 0 Å². The lowest BCUT2D eigenvalue weighted by Gasteiger charge is -2.38. The molecule has 0 radical (unpaired) electrons. The molecule has 5 nitrogen and oxygen atoms in total. The minimum atomic E-state index is 0.740. The van der Waals surface area contributed by atoms with E-state index in [1.54, 1.807) is 0 Å². The van der Waals surface area contributed by atoms with E-state index in [2.05, 4.69) is 51.7 Å². The van der Waals surface area contributed by atoms with Crippen molar-refractivity contribution < 1.29 is 0 Å². The molecule has 2 aliphatic rings. The quantitative estimate of drug-likeness (QED) is 0.842. The number of hydrogen-bond acceptors (Lipinski definition) is 6. The van der Waals surface area contributed by atoms with Gasteiger partial charge in [-0.3, -0.25) is 4.90 Å². The number of hydrogen-bond donors (Lipinski definition) is 0. The van der Waals surface area contributed by atoms with Crippen molar-refractivity contribution in [3.8, 4) is 6.07 Å². The molecule has 0 amide bonds. The van der Waals surface area contributed by atoms with Gasteiger partial charge in [-0.2, -0.15) is 22.1 Å². The Hall–Kier alpha value is -1.32. The monoisotopic (exact) mass is 331 g/mol. The maximum Gasteiger partial charge on any atom is 0.169 e. The lowest BCUT2D eigenvalue weighted by atomic mass is 10.0. The fraction of sp³-hybridized carbons (Fsp3) is 0.706. The van der Waals surface area contributed by atoms with Crippen molar-refractivity contribution in [1.29, 1.82) is 5.26 Å². The zero-order valence-corrected chi connectivity index (χ0v) is 14.9. The van der Waals surface area contributed by atoms with Crippen LogP contribution in [-0.4, -0.2) is 58.8 Å². The van der Waals surface area contributed by atoms with Gasteiger partial charge in [-0.05, 0) is 30.6 Å². The van der Waals surface area contributed by atoms with Gasteiger partial charge in [0.1, 0.15) is 11.6 Å². The molecule has 3 heterocycles. The molecule has 124 valence electrons. The molecule has 0 spiro atoms. The van der Waals surface area contributed by atoms with Crippen molar-refractivity contribution >= 4 is 17.6 Å². The number of aryl methyl sites for hydroxylation is 1. The number of nitrogens with zero attached hydrogens (tertiary/aromatic N) is 5. The van der Waals surface area contributed by atoms with Crippen LogP contribution in [0.5, 0.6) is 0 Å². The van der Waals surface area contributed by atoms with Crippen molar-refractivity contribution in [3.05, 3.63) is 16.8 Å². The van der Waals surface area contributed by atoms with Crippen LogP contribution >= 0.6 is 11.8 Å². The van der Waals surface area contributed by atoms with E-state index in [0.29, 0.717) is 0 Å². The Kier molecular flexibility index (Phi) is 5.39. The summed E-state index contributed by atoms with van der Waals surface area (Å²) in [6, 6.07) is 3.14. The van der Waals surface area contributed by atoms with E-state index >= 15 is 0 Å². The predicted molar refractivity (Wildman–Crippen MR) is 95.0 cm³/mol. The van der Waals surface area contributed by atoms with Gasteiger partial charge < -0.3 is 4.90 Å². The normalized spacial score (nSPS) is 22.3. The van der Waals surface area contributed by atoms with Gasteiger partial charge >= 0.3 is 0 Å². The zero-order chi connectivity index (χ0) is 16.2. The maximum absolute atomic E-state index is 9.65. The first-order valence-corrected chi connectivity index (χ1v) is 9.79. The predicted octanol–water partition coefficient (Wildman–Crippen LogP) is 2.10. The highest BCUT2D eigenvalue weighted by atomic mass is 32.2. The number of nitriles is 1. The second-order valence-corrected chi connectivity index (χ2v) is 7.33. The molecule has 1 aromatic rings. The fourth-order valence-electron chi connectivity index (χ4n) is 3.61. The molecule has 2 fully saturated rings. The van der Waals surface area contributed by atoms with E-state index in [0.717, 1.165) is 67.7 Å². The second-order valence-electron chi connectivity index (χ2n) is 6.18. The van der Waals surface area contributed by atoms with Crippen LogP contribution in [0.1, 0.15) is 37.1 Å². The number of piperazine rings is 1. The molecule has 0 N–H and O–H groups in total. The summed E-state index contributed by atoms with van der Waals surface area (Å²) in [6.07, 6.45) is 2.99. The number of thioether (sulfide) groups is 1. The molecule has 1 unspecified atom stereocenters. The zero-order valence-electron chi connectivity index (χ0n) is 14.1. The van der Waals surface area contributed by atoms with Crippen molar-refractivity contribution in [2.75, 3.05) is 42.6 Å². The molecule has 1 atom stereocenters. The van der Waals surface area contributed by atoms with E-state index in [1.165, 1.54) is 17.9 Å². The van der Waals surface area contributed by atoms with Crippen LogP contribution in [0.2, 0.25) is 0 Å². The molecule has 2 saturated heterocycles. The Labute approximate surface area is 143 Å². The van der Waals surface area contributed by atoms with Crippen molar-refractivity contribution in [1.82, 2.24) is 15.1 Å². The lowest BCUT2D eigenvalue weighted by molar-refractivity contribution is 0.200. The Morgan fingerprint density at radius 2 is 1.96 bits per heavy atom. The van der Waals surface area contributed by atoms with E-state index in [9.17, 15) is 5.26 Å². The third-order valence-corrected chi connectivity index (χ3v) is 6.12. The first-order valence-electron chi connectivity index (χ1n) is 8.63. The number of anilines is 1. The van der Waals surface area contributed by atoms with Gasteiger partial charge in [0.05, 0.1) is 5.69 Å². The second kappa shape index (κ2) is 7.50. The van der Waals surface area contributed by atoms with E-state index in [4.69, 9.17) is 0 Å². The summed E-state index contributed by atoms with van der Waals surface area (Å²) in [5, 5.41) is 18.4. The summed E-state index contributed by atoms with van der Waals surface area (Å²) >= 11 is 2.07. The first-order chi connectivity index (χ1) is 11.3. The minimum absolute atomic E-state index is 0.740. The molecule has 0 bridgehead atoms. The van der Waals surface area contributed by atoms with Gasteiger partial charge in [-0.1, -0.05) is 13.8 Å². The van der Waals surface area contributed by atoms with Crippen LogP contribution in [-0.2, 0) is 12.8 Å². The largest absolute Gasteiger partial charge is 0.351 e. The molecule has 2 aliphatic heterocycles.